The second kappa shape index (κ2) is 8.23. The first-order chi connectivity index (χ1) is 11.7. The Balaban J connectivity index is 1.54. The molecule has 2 aromatic rings. The third-order valence-electron chi connectivity index (χ3n) is 3.44. The third-order valence-corrected chi connectivity index (χ3v) is 3.93. The number of rotatable bonds is 5. The summed E-state index contributed by atoms with van der Waals surface area (Å²) in [5, 5.41) is 0. The molecular weight excluding hydrogens is 376 g/mol. The molecule has 0 radical (unpaired) electrons. The van der Waals surface area contributed by atoms with Crippen molar-refractivity contribution in [1.29, 1.82) is 0 Å². The number of aromatic nitrogens is 1. The standard InChI is InChI=1S/C17H17BrN2O4/c18-13-4-3-5-14(10-13)23-15-8-7-12(11-19-15)17(21)20-24-16-6-1-2-9-22-16/h3-5,7-8,10-11,16H,1-2,6,9H2,(H,20,21)/t16-/m1/s1. The van der Waals surface area contributed by atoms with Crippen LogP contribution in [0.15, 0.2) is 47.1 Å². The van der Waals surface area contributed by atoms with Crippen molar-refractivity contribution in [3.05, 3.63) is 52.6 Å². The number of ether oxygens (including phenoxy) is 2. The van der Waals surface area contributed by atoms with Crippen LogP contribution in [0.5, 0.6) is 11.6 Å². The molecule has 1 N–H and O–H groups in total. The van der Waals surface area contributed by atoms with Crippen LogP contribution in [0.1, 0.15) is 29.6 Å². The summed E-state index contributed by atoms with van der Waals surface area (Å²) < 4.78 is 11.9. The van der Waals surface area contributed by atoms with E-state index in [1.54, 1.807) is 12.1 Å². The van der Waals surface area contributed by atoms with Gasteiger partial charge in [0.05, 0.1) is 5.56 Å². The first-order valence-corrected chi connectivity index (χ1v) is 8.47. The zero-order chi connectivity index (χ0) is 16.8. The maximum atomic E-state index is 12.0. The number of carbonyl (C=O) groups excluding carboxylic acids is 1. The Morgan fingerprint density at radius 1 is 1.29 bits per heavy atom. The van der Waals surface area contributed by atoms with Gasteiger partial charge in [-0.15, -0.1) is 0 Å². The highest BCUT2D eigenvalue weighted by Crippen LogP contribution is 2.23. The molecule has 0 aliphatic carbocycles. The summed E-state index contributed by atoms with van der Waals surface area (Å²) in [5.74, 6) is 0.693. The Kier molecular flexibility index (Phi) is 5.79. The van der Waals surface area contributed by atoms with Crippen molar-refractivity contribution in [2.75, 3.05) is 6.61 Å². The zero-order valence-electron chi connectivity index (χ0n) is 12.9. The molecular formula is C17H17BrN2O4. The Morgan fingerprint density at radius 3 is 2.92 bits per heavy atom. The lowest BCUT2D eigenvalue weighted by atomic mass is 10.2. The van der Waals surface area contributed by atoms with Gasteiger partial charge in [-0.05, 0) is 37.1 Å². The fourth-order valence-corrected chi connectivity index (χ4v) is 2.59. The summed E-state index contributed by atoms with van der Waals surface area (Å²) in [6.45, 7) is 0.656. The molecule has 0 saturated carbocycles. The van der Waals surface area contributed by atoms with Crippen molar-refractivity contribution >= 4 is 21.8 Å². The minimum absolute atomic E-state index is 0.370. The summed E-state index contributed by atoms with van der Waals surface area (Å²) in [6.07, 6.45) is 3.89. The molecule has 126 valence electrons. The van der Waals surface area contributed by atoms with Crippen LogP contribution in [0.3, 0.4) is 0 Å². The number of halogens is 1. The van der Waals surface area contributed by atoms with E-state index in [1.807, 2.05) is 24.3 Å². The second-order valence-corrected chi connectivity index (χ2v) is 6.21. The fourth-order valence-electron chi connectivity index (χ4n) is 2.21. The van der Waals surface area contributed by atoms with Crippen molar-refractivity contribution in [2.24, 2.45) is 0 Å². The van der Waals surface area contributed by atoms with E-state index >= 15 is 0 Å². The maximum absolute atomic E-state index is 12.0. The van der Waals surface area contributed by atoms with Gasteiger partial charge in [0.15, 0.2) is 6.29 Å². The number of hydrogen-bond acceptors (Lipinski definition) is 5. The molecule has 1 aliphatic rings. The lowest BCUT2D eigenvalue weighted by Crippen LogP contribution is -2.33. The predicted octanol–water partition coefficient (Wildman–Crippen LogP) is 3.82. The summed E-state index contributed by atoms with van der Waals surface area (Å²) in [7, 11) is 0. The molecule has 1 aromatic heterocycles. The lowest BCUT2D eigenvalue weighted by Gasteiger charge is -2.22. The first kappa shape index (κ1) is 16.9. The van der Waals surface area contributed by atoms with E-state index in [9.17, 15) is 4.79 Å². The van der Waals surface area contributed by atoms with Gasteiger partial charge in [-0.25, -0.2) is 15.3 Å². The fraction of sp³-hybridized carbons (Fsp3) is 0.294. The molecule has 1 aliphatic heterocycles. The van der Waals surface area contributed by atoms with Gasteiger partial charge < -0.3 is 9.47 Å². The van der Waals surface area contributed by atoms with Gasteiger partial charge in [0, 0.05) is 29.8 Å². The summed E-state index contributed by atoms with van der Waals surface area (Å²) in [5.41, 5.74) is 2.78. The number of nitrogens with one attached hydrogen (secondary N) is 1. The number of carbonyl (C=O) groups is 1. The maximum Gasteiger partial charge on any atom is 0.276 e. The Labute approximate surface area is 148 Å². The van der Waals surface area contributed by atoms with Crippen LogP contribution >= 0.6 is 15.9 Å². The number of hydrogen-bond donors (Lipinski definition) is 1. The van der Waals surface area contributed by atoms with Crippen LogP contribution in [0.2, 0.25) is 0 Å². The number of hydroxylamine groups is 1. The van der Waals surface area contributed by atoms with Crippen LogP contribution in [-0.4, -0.2) is 23.8 Å². The lowest BCUT2D eigenvalue weighted by molar-refractivity contribution is -0.186. The van der Waals surface area contributed by atoms with Crippen molar-refractivity contribution < 1.29 is 19.1 Å². The van der Waals surface area contributed by atoms with E-state index in [0.29, 0.717) is 23.8 Å². The van der Waals surface area contributed by atoms with Crippen LogP contribution in [0.4, 0.5) is 0 Å². The van der Waals surface area contributed by atoms with Gasteiger partial charge in [0.2, 0.25) is 5.88 Å². The molecule has 7 heteroatoms. The molecule has 3 rings (SSSR count). The van der Waals surface area contributed by atoms with E-state index in [-0.39, 0.29) is 12.2 Å². The topological polar surface area (TPSA) is 69.7 Å². The average Bonchev–Trinajstić information content (AvgIpc) is 2.61. The van der Waals surface area contributed by atoms with E-state index in [4.69, 9.17) is 14.3 Å². The van der Waals surface area contributed by atoms with Crippen LogP contribution in [0.25, 0.3) is 0 Å². The number of amides is 1. The van der Waals surface area contributed by atoms with Gasteiger partial charge in [0.1, 0.15) is 5.75 Å². The van der Waals surface area contributed by atoms with E-state index in [2.05, 4.69) is 26.4 Å². The Morgan fingerprint density at radius 2 is 2.21 bits per heavy atom. The van der Waals surface area contributed by atoms with Crippen molar-refractivity contribution in [3.8, 4) is 11.6 Å². The number of benzene rings is 1. The van der Waals surface area contributed by atoms with Gasteiger partial charge in [-0.2, -0.15) is 0 Å². The molecule has 1 fully saturated rings. The highest BCUT2D eigenvalue weighted by Gasteiger charge is 2.16. The second-order valence-electron chi connectivity index (χ2n) is 5.29. The van der Waals surface area contributed by atoms with Gasteiger partial charge in [0.25, 0.3) is 5.91 Å². The predicted molar refractivity (Wildman–Crippen MR) is 90.6 cm³/mol. The molecule has 6 nitrogen and oxygen atoms in total. The minimum atomic E-state index is -0.380. The van der Waals surface area contributed by atoms with Crippen molar-refractivity contribution in [1.82, 2.24) is 10.5 Å². The molecule has 0 unspecified atom stereocenters. The molecule has 1 amide bonds. The van der Waals surface area contributed by atoms with E-state index < -0.39 is 0 Å². The highest BCUT2D eigenvalue weighted by molar-refractivity contribution is 9.10. The first-order valence-electron chi connectivity index (χ1n) is 7.68. The molecule has 1 saturated heterocycles. The summed E-state index contributed by atoms with van der Waals surface area (Å²) in [4.78, 5) is 21.4. The van der Waals surface area contributed by atoms with E-state index in [1.165, 1.54) is 6.20 Å². The van der Waals surface area contributed by atoms with Gasteiger partial charge in [-0.1, -0.05) is 22.0 Å². The van der Waals surface area contributed by atoms with Crippen LogP contribution in [-0.2, 0) is 9.57 Å². The SMILES string of the molecule is O=C(NO[C@@H]1CCCCO1)c1ccc(Oc2cccc(Br)c2)nc1. The Hall–Kier alpha value is -1.96. The molecule has 2 heterocycles. The Bertz CT molecular complexity index is 687. The average molecular weight is 393 g/mol. The molecule has 1 atom stereocenters. The quantitative estimate of drug-likeness (QED) is 0.783. The summed E-state index contributed by atoms with van der Waals surface area (Å²) in [6, 6.07) is 10.7. The van der Waals surface area contributed by atoms with Crippen LogP contribution < -0.4 is 10.2 Å². The largest absolute Gasteiger partial charge is 0.439 e. The molecule has 1 aromatic carbocycles. The zero-order valence-corrected chi connectivity index (χ0v) is 14.5. The van der Waals surface area contributed by atoms with Gasteiger partial charge in [-0.3, -0.25) is 4.79 Å². The van der Waals surface area contributed by atoms with Crippen molar-refractivity contribution in [3.63, 3.8) is 0 Å². The number of nitrogens with zero attached hydrogens (tertiary/aromatic N) is 1. The number of pyridine rings is 1. The highest BCUT2D eigenvalue weighted by atomic mass is 79.9. The smallest absolute Gasteiger partial charge is 0.276 e. The molecule has 0 spiro atoms. The third kappa shape index (κ3) is 4.77. The molecule has 0 bridgehead atoms. The van der Waals surface area contributed by atoms with Crippen LogP contribution in [0, 0.1) is 0 Å². The summed E-state index contributed by atoms with van der Waals surface area (Å²) >= 11 is 3.38. The normalized spacial score (nSPS) is 17.3. The monoisotopic (exact) mass is 392 g/mol. The van der Waals surface area contributed by atoms with Gasteiger partial charge >= 0.3 is 0 Å². The minimum Gasteiger partial charge on any atom is -0.439 e. The molecule has 24 heavy (non-hydrogen) atoms. The van der Waals surface area contributed by atoms with E-state index in [0.717, 1.165) is 23.7 Å². The van der Waals surface area contributed by atoms with Crippen molar-refractivity contribution in [2.45, 2.75) is 25.6 Å².